The van der Waals surface area contributed by atoms with Crippen molar-refractivity contribution >= 4 is 27.6 Å². The van der Waals surface area contributed by atoms with Crippen molar-refractivity contribution in [3.05, 3.63) is 29.8 Å². The molecule has 0 aliphatic heterocycles. The van der Waals surface area contributed by atoms with Gasteiger partial charge in [-0.05, 0) is 29.8 Å². The molecule has 15 heavy (non-hydrogen) atoms. The molecular formula is C11H16N3P. The quantitative estimate of drug-likeness (QED) is 0.448. The summed E-state index contributed by atoms with van der Waals surface area (Å²) >= 11 is 0. The van der Waals surface area contributed by atoms with Gasteiger partial charge in [-0.3, -0.25) is 15.7 Å². The second-order valence-corrected chi connectivity index (χ2v) is 3.87. The lowest BCUT2D eigenvalue weighted by Crippen LogP contribution is -2.17. The minimum Gasteiger partial charge on any atom is -0.292 e. The van der Waals surface area contributed by atoms with Crippen molar-refractivity contribution in [2.75, 3.05) is 11.1 Å². The number of hydrogen-bond donors (Lipinski definition) is 2. The highest BCUT2D eigenvalue weighted by Gasteiger charge is 2.05. The van der Waals surface area contributed by atoms with Gasteiger partial charge in [0, 0.05) is 5.69 Å². The van der Waals surface area contributed by atoms with E-state index in [0.29, 0.717) is 5.92 Å². The third kappa shape index (κ3) is 2.87. The maximum absolute atomic E-state index is 7.17. The first-order valence-corrected chi connectivity index (χ1v) is 5.64. The highest BCUT2D eigenvalue weighted by Crippen LogP contribution is 2.22. The maximum atomic E-state index is 7.17. The van der Waals surface area contributed by atoms with Gasteiger partial charge in [0.2, 0.25) is 0 Å². The molecule has 0 saturated carbocycles. The van der Waals surface area contributed by atoms with E-state index in [1.165, 1.54) is 10.5 Å². The smallest absolute Gasteiger partial charge is 0.0915 e. The molecule has 0 radical (unpaired) electrons. The number of nitrogens with one attached hydrogen (secondary N) is 2. The van der Waals surface area contributed by atoms with Crippen LogP contribution < -0.4 is 4.90 Å². The van der Waals surface area contributed by atoms with E-state index in [2.05, 4.69) is 22.2 Å². The van der Waals surface area contributed by atoms with Gasteiger partial charge in [0.1, 0.15) is 0 Å². The third-order valence-corrected chi connectivity index (χ3v) is 3.08. The van der Waals surface area contributed by atoms with Gasteiger partial charge in [0.05, 0.1) is 12.7 Å². The van der Waals surface area contributed by atoms with Gasteiger partial charge in [-0.1, -0.05) is 19.1 Å². The molecule has 1 aromatic rings. The molecule has 0 saturated heterocycles. The van der Waals surface area contributed by atoms with Crippen LogP contribution in [-0.2, 0) is 0 Å². The summed E-state index contributed by atoms with van der Waals surface area (Å²) in [5, 5.41) is 14.3. The number of anilines is 1. The van der Waals surface area contributed by atoms with Gasteiger partial charge >= 0.3 is 0 Å². The fourth-order valence-electron chi connectivity index (χ4n) is 1.31. The number of benzene rings is 1. The van der Waals surface area contributed by atoms with E-state index in [-0.39, 0.29) is 0 Å². The van der Waals surface area contributed by atoms with Crippen molar-refractivity contribution in [2.24, 2.45) is 0 Å². The molecule has 0 aromatic heterocycles. The molecule has 0 heterocycles. The van der Waals surface area contributed by atoms with Crippen LogP contribution in [0.4, 0.5) is 5.69 Å². The lowest BCUT2D eigenvalue weighted by atomic mass is 10.0. The SMILES string of the molecule is CC(CP)c1cccc(N(C=N)C=N)c1. The average molecular weight is 221 g/mol. The first-order chi connectivity index (χ1) is 7.22. The Bertz CT molecular complexity index is 343. The molecule has 0 aliphatic carbocycles. The Morgan fingerprint density at radius 3 is 2.60 bits per heavy atom. The summed E-state index contributed by atoms with van der Waals surface area (Å²) in [4.78, 5) is 1.47. The summed E-state index contributed by atoms with van der Waals surface area (Å²) in [5.41, 5.74) is 2.10. The molecule has 1 aromatic carbocycles. The van der Waals surface area contributed by atoms with Crippen LogP contribution in [0.1, 0.15) is 18.4 Å². The van der Waals surface area contributed by atoms with E-state index in [4.69, 9.17) is 10.8 Å². The molecule has 2 atom stereocenters. The molecule has 1 rings (SSSR count). The van der Waals surface area contributed by atoms with E-state index in [1.807, 2.05) is 18.2 Å². The molecular weight excluding hydrogens is 205 g/mol. The van der Waals surface area contributed by atoms with E-state index in [9.17, 15) is 0 Å². The van der Waals surface area contributed by atoms with Crippen molar-refractivity contribution in [1.82, 2.24) is 0 Å². The van der Waals surface area contributed by atoms with Crippen molar-refractivity contribution < 1.29 is 0 Å². The normalized spacial score (nSPS) is 11.9. The molecule has 3 nitrogen and oxygen atoms in total. The standard InChI is InChI=1S/C11H16N3P/c1-9(6-15)10-3-2-4-11(5-10)14(7-12)8-13/h2-5,7-9,12-13H,6,15H2,1H3. The van der Waals surface area contributed by atoms with Crippen molar-refractivity contribution in [2.45, 2.75) is 12.8 Å². The molecule has 2 unspecified atom stereocenters. The zero-order valence-corrected chi connectivity index (χ0v) is 9.93. The minimum absolute atomic E-state index is 0.480. The molecule has 0 amide bonds. The largest absolute Gasteiger partial charge is 0.292 e. The Morgan fingerprint density at radius 1 is 1.40 bits per heavy atom. The van der Waals surface area contributed by atoms with Gasteiger partial charge in [-0.25, -0.2) is 0 Å². The monoisotopic (exact) mass is 221 g/mol. The second-order valence-electron chi connectivity index (χ2n) is 3.40. The minimum atomic E-state index is 0.480. The predicted molar refractivity (Wildman–Crippen MR) is 69.5 cm³/mol. The summed E-state index contributed by atoms with van der Waals surface area (Å²) < 4.78 is 0. The van der Waals surface area contributed by atoms with Crippen molar-refractivity contribution in [1.29, 1.82) is 10.8 Å². The molecule has 80 valence electrons. The first-order valence-electron chi connectivity index (χ1n) is 4.82. The van der Waals surface area contributed by atoms with Gasteiger partial charge < -0.3 is 0 Å². The highest BCUT2D eigenvalue weighted by molar-refractivity contribution is 7.16. The zero-order valence-electron chi connectivity index (χ0n) is 8.77. The molecule has 0 aliphatic rings. The Hall–Kier alpha value is -1.21. The highest BCUT2D eigenvalue weighted by atomic mass is 31.0. The lowest BCUT2D eigenvalue weighted by molar-refractivity contribution is 0.881. The fraction of sp³-hybridized carbons (Fsp3) is 0.273. The predicted octanol–water partition coefficient (Wildman–Crippen LogP) is 2.69. The summed E-state index contributed by atoms with van der Waals surface area (Å²) in [5.74, 6) is 0.480. The number of rotatable bonds is 5. The molecule has 0 bridgehead atoms. The average Bonchev–Trinajstić information content (AvgIpc) is 2.30. The van der Waals surface area contributed by atoms with Crippen LogP contribution in [0.25, 0.3) is 0 Å². The fourth-order valence-corrected chi connectivity index (χ4v) is 1.59. The van der Waals surface area contributed by atoms with E-state index >= 15 is 0 Å². The van der Waals surface area contributed by atoms with Crippen LogP contribution in [-0.4, -0.2) is 18.8 Å². The third-order valence-electron chi connectivity index (χ3n) is 2.37. The Morgan fingerprint density at radius 2 is 2.07 bits per heavy atom. The Kier molecular flexibility index (Phi) is 4.44. The van der Waals surface area contributed by atoms with Crippen molar-refractivity contribution in [3.63, 3.8) is 0 Å². The van der Waals surface area contributed by atoms with E-state index in [0.717, 1.165) is 24.5 Å². The van der Waals surface area contributed by atoms with E-state index < -0.39 is 0 Å². The van der Waals surface area contributed by atoms with Crippen molar-refractivity contribution in [3.8, 4) is 0 Å². The molecule has 4 heteroatoms. The lowest BCUT2D eigenvalue weighted by Gasteiger charge is -2.15. The topological polar surface area (TPSA) is 50.9 Å². The van der Waals surface area contributed by atoms with Crippen LogP contribution in [0.2, 0.25) is 0 Å². The van der Waals surface area contributed by atoms with Crippen LogP contribution in [0.15, 0.2) is 24.3 Å². The van der Waals surface area contributed by atoms with Gasteiger partial charge in [-0.15, -0.1) is 9.24 Å². The van der Waals surface area contributed by atoms with Crippen LogP contribution >= 0.6 is 9.24 Å². The van der Waals surface area contributed by atoms with E-state index in [1.54, 1.807) is 0 Å². The summed E-state index contributed by atoms with van der Waals surface area (Å²) in [6.07, 6.45) is 3.29. The molecule has 0 fully saturated rings. The summed E-state index contributed by atoms with van der Waals surface area (Å²) in [6, 6.07) is 7.95. The first kappa shape index (κ1) is 11.9. The zero-order chi connectivity index (χ0) is 11.3. The van der Waals surface area contributed by atoms with Gasteiger partial charge in [0.15, 0.2) is 0 Å². The molecule has 2 N–H and O–H groups in total. The van der Waals surface area contributed by atoms with Crippen LogP contribution in [0.3, 0.4) is 0 Å². The Labute approximate surface area is 92.7 Å². The second kappa shape index (κ2) is 5.62. The van der Waals surface area contributed by atoms with Gasteiger partial charge in [-0.2, -0.15) is 0 Å². The Balaban J connectivity index is 3.00. The molecule has 0 spiro atoms. The number of hydrogen-bond acceptors (Lipinski definition) is 2. The summed E-state index contributed by atoms with van der Waals surface area (Å²) in [6.45, 7) is 2.16. The van der Waals surface area contributed by atoms with Gasteiger partial charge in [0.25, 0.3) is 0 Å². The van der Waals surface area contributed by atoms with Crippen LogP contribution in [0.5, 0.6) is 0 Å². The summed E-state index contributed by atoms with van der Waals surface area (Å²) in [7, 11) is 2.73. The number of nitrogens with zero attached hydrogens (tertiary/aromatic N) is 1. The van der Waals surface area contributed by atoms with Crippen LogP contribution in [0, 0.1) is 10.8 Å². The maximum Gasteiger partial charge on any atom is 0.0915 e.